The molecule has 0 saturated carbocycles. The fourth-order valence-electron chi connectivity index (χ4n) is 0.908. The number of rotatable bonds is 4. The van der Waals surface area contributed by atoms with Crippen LogP contribution < -0.4 is 5.73 Å². The van der Waals surface area contributed by atoms with Crippen LogP contribution in [0.5, 0.6) is 0 Å². The first-order chi connectivity index (χ1) is 5.68. The Morgan fingerprint density at radius 1 is 1.83 bits per heavy atom. The van der Waals surface area contributed by atoms with Gasteiger partial charge < -0.3 is 5.73 Å². The minimum atomic E-state index is 0.530. The molecule has 0 aliphatic carbocycles. The Labute approximate surface area is 81.2 Å². The van der Waals surface area contributed by atoms with Crippen LogP contribution >= 0.6 is 23.6 Å². The van der Waals surface area contributed by atoms with Crippen molar-refractivity contribution in [3.63, 3.8) is 0 Å². The maximum atomic E-state index is 5.40. The van der Waals surface area contributed by atoms with E-state index in [1.807, 2.05) is 18.8 Å². The monoisotopic (exact) mass is 201 g/mol. The largest absolute Gasteiger partial charge is 0.392 e. The molecular weight excluding hydrogens is 190 g/mol. The van der Waals surface area contributed by atoms with Crippen molar-refractivity contribution in [2.24, 2.45) is 5.73 Å². The van der Waals surface area contributed by atoms with Gasteiger partial charge in [-0.25, -0.2) is 0 Å². The molecule has 0 aromatic carbocycles. The topological polar surface area (TPSA) is 42.1 Å². The molecule has 0 atom stereocenters. The lowest BCUT2D eigenvalue weighted by Crippen LogP contribution is -2.28. The lowest BCUT2D eigenvalue weighted by Gasteiger charge is -2.13. The first kappa shape index (κ1) is 9.57. The SMILES string of the molecule is CN(CC(N)=S)Cc1cncs1. The van der Waals surface area contributed by atoms with Gasteiger partial charge >= 0.3 is 0 Å². The molecule has 2 N–H and O–H groups in total. The number of aromatic nitrogens is 1. The fourth-order valence-corrected chi connectivity index (χ4v) is 1.80. The highest BCUT2D eigenvalue weighted by atomic mass is 32.1. The van der Waals surface area contributed by atoms with Crippen LogP contribution in [-0.4, -0.2) is 28.5 Å². The van der Waals surface area contributed by atoms with Crippen LogP contribution in [0.4, 0.5) is 0 Å². The zero-order valence-corrected chi connectivity index (χ0v) is 8.49. The van der Waals surface area contributed by atoms with Gasteiger partial charge in [0.05, 0.1) is 10.5 Å². The molecule has 1 heterocycles. The number of nitrogens with zero attached hydrogens (tertiary/aromatic N) is 2. The number of hydrogen-bond acceptors (Lipinski definition) is 4. The van der Waals surface area contributed by atoms with Crippen LogP contribution in [-0.2, 0) is 6.54 Å². The van der Waals surface area contributed by atoms with Gasteiger partial charge in [0.15, 0.2) is 0 Å². The second kappa shape index (κ2) is 4.49. The molecule has 3 nitrogen and oxygen atoms in total. The average Bonchev–Trinajstić information content (AvgIpc) is 2.37. The van der Waals surface area contributed by atoms with Gasteiger partial charge in [0.25, 0.3) is 0 Å². The fraction of sp³-hybridized carbons (Fsp3) is 0.429. The van der Waals surface area contributed by atoms with E-state index in [2.05, 4.69) is 9.88 Å². The van der Waals surface area contributed by atoms with Crippen LogP contribution in [0.15, 0.2) is 11.7 Å². The van der Waals surface area contributed by atoms with Crippen LogP contribution in [0.2, 0.25) is 0 Å². The molecule has 66 valence electrons. The number of thiocarbonyl (C=S) groups is 1. The molecule has 0 radical (unpaired) electrons. The Morgan fingerprint density at radius 2 is 2.58 bits per heavy atom. The molecule has 0 aliphatic rings. The number of thiazole rings is 1. The highest BCUT2D eigenvalue weighted by Gasteiger charge is 2.01. The second-order valence-electron chi connectivity index (χ2n) is 2.61. The van der Waals surface area contributed by atoms with Crippen molar-refractivity contribution in [3.8, 4) is 0 Å². The van der Waals surface area contributed by atoms with E-state index in [4.69, 9.17) is 18.0 Å². The maximum Gasteiger partial charge on any atom is 0.0870 e. The minimum absolute atomic E-state index is 0.530. The zero-order chi connectivity index (χ0) is 8.97. The van der Waals surface area contributed by atoms with Gasteiger partial charge in [-0.05, 0) is 7.05 Å². The lowest BCUT2D eigenvalue weighted by molar-refractivity contribution is 0.378. The van der Waals surface area contributed by atoms with Gasteiger partial charge in [-0.1, -0.05) is 12.2 Å². The molecular formula is C7H11N3S2. The lowest BCUT2D eigenvalue weighted by atomic mass is 10.4. The molecule has 0 unspecified atom stereocenters. The van der Waals surface area contributed by atoms with Crippen LogP contribution in [0.3, 0.4) is 0 Å². The molecule has 0 fully saturated rings. The highest BCUT2D eigenvalue weighted by molar-refractivity contribution is 7.80. The quantitative estimate of drug-likeness (QED) is 0.734. The van der Waals surface area contributed by atoms with E-state index >= 15 is 0 Å². The van der Waals surface area contributed by atoms with Crippen molar-refractivity contribution in [1.29, 1.82) is 0 Å². The van der Waals surface area contributed by atoms with Crippen molar-refractivity contribution < 1.29 is 0 Å². The number of hydrogen-bond donors (Lipinski definition) is 1. The zero-order valence-electron chi connectivity index (χ0n) is 6.86. The molecule has 0 spiro atoms. The van der Waals surface area contributed by atoms with E-state index in [9.17, 15) is 0 Å². The van der Waals surface area contributed by atoms with Crippen molar-refractivity contribution in [3.05, 3.63) is 16.6 Å². The third-order valence-electron chi connectivity index (χ3n) is 1.33. The Kier molecular flexibility index (Phi) is 3.58. The van der Waals surface area contributed by atoms with Crippen molar-refractivity contribution in [1.82, 2.24) is 9.88 Å². The van der Waals surface area contributed by atoms with Crippen molar-refractivity contribution in [2.75, 3.05) is 13.6 Å². The molecule has 0 saturated heterocycles. The minimum Gasteiger partial charge on any atom is -0.392 e. The molecule has 12 heavy (non-hydrogen) atoms. The Balaban J connectivity index is 2.36. The van der Waals surface area contributed by atoms with Gasteiger partial charge in [0.2, 0.25) is 0 Å². The summed E-state index contributed by atoms with van der Waals surface area (Å²) >= 11 is 6.43. The summed E-state index contributed by atoms with van der Waals surface area (Å²) in [5.74, 6) is 0. The van der Waals surface area contributed by atoms with E-state index in [0.717, 1.165) is 6.54 Å². The first-order valence-corrected chi connectivity index (χ1v) is 4.81. The Hall–Kier alpha value is -0.520. The van der Waals surface area contributed by atoms with E-state index in [1.54, 1.807) is 11.3 Å². The summed E-state index contributed by atoms with van der Waals surface area (Å²) in [5.41, 5.74) is 7.22. The molecule has 0 amide bonds. The van der Waals surface area contributed by atoms with Gasteiger partial charge in [0.1, 0.15) is 0 Å². The summed E-state index contributed by atoms with van der Waals surface area (Å²) in [4.78, 5) is 7.81. The van der Waals surface area contributed by atoms with Gasteiger partial charge in [0, 0.05) is 24.2 Å². The predicted molar refractivity (Wildman–Crippen MR) is 55.2 cm³/mol. The standard InChI is InChI=1S/C7H11N3S2/c1-10(4-7(8)11)3-6-2-9-5-12-6/h2,5H,3-4H2,1H3,(H2,8,11). The summed E-state index contributed by atoms with van der Waals surface area (Å²) in [6.07, 6.45) is 1.86. The van der Waals surface area contributed by atoms with Crippen LogP contribution in [0.1, 0.15) is 4.88 Å². The van der Waals surface area contributed by atoms with Crippen molar-refractivity contribution in [2.45, 2.75) is 6.54 Å². The van der Waals surface area contributed by atoms with E-state index in [-0.39, 0.29) is 0 Å². The first-order valence-electron chi connectivity index (χ1n) is 3.52. The molecule has 1 rings (SSSR count). The number of nitrogens with two attached hydrogens (primary N) is 1. The normalized spacial score (nSPS) is 10.5. The predicted octanol–water partition coefficient (Wildman–Crippen LogP) is 0.861. The van der Waals surface area contributed by atoms with Crippen LogP contribution in [0, 0.1) is 0 Å². The molecule has 0 bridgehead atoms. The maximum absolute atomic E-state index is 5.40. The third-order valence-corrected chi connectivity index (χ3v) is 2.23. The Morgan fingerprint density at radius 3 is 3.08 bits per heavy atom. The molecule has 1 aromatic heterocycles. The van der Waals surface area contributed by atoms with E-state index < -0.39 is 0 Å². The van der Waals surface area contributed by atoms with Gasteiger partial charge in [-0.3, -0.25) is 9.88 Å². The Bertz CT molecular complexity index is 245. The summed E-state index contributed by atoms with van der Waals surface area (Å²) in [7, 11) is 1.98. The van der Waals surface area contributed by atoms with Crippen molar-refractivity contribution >= 4 is 28.5 Å². The average molecular weight is 201 g/mol. The summed E-state index contributed by atoms with van der Waals surface area (Å²) < 4.78 is 0. The van der Waals surface area contributed by atoms with Gasteiger partial charge in [-0.2, -0.15) is 0 Å². The second-order valence-corrected chi connectivity index (χ2v) is 4.10. The highest BCUT2D eigenvalue weighted by Crippen LogP contribution is 2.07. The van der Waals surface area contributed by atoms with E-state index in [0.29, 0.717) is 11.5 Å². The van der Waals surface area contributed by atoms with Crippen LogP contribution in [0.25, 0.3) is 0 Å². The molecule has 5 heteroatoms. The van der Waals surface area contributed by atoms with E-state index in [1.165, 1.54) is 4.88 Å². The number of likely N-dealkylation sites (N-methyl/N-ethyl adjacent to an activating group) is 1. The summed E-state index contributed by atoms with van der Waals surface area (Å²) in [6, 6.07) is 0. The summed E-state index contributed by atoms with van der Waals surface area (Å²) in [6.45, 7) is 1.52. The molecule has 0 aliphatic heterocycles. The van der Waals surface area contributed by atoms with Gasteiger partial charge in [-0.15, -0.1) is 11.3 Å². The smallest absolute Gasteiger partial charge is 0.0870 e. The molecule has 1 aromatic rings. The third kappa shape index (κ3) is 3.25. The summed E-state index contributed by atoms with van der Waals surface area (Å²) in [5, 5.41) is 0.